The molecule has 9 heteroatoms. The lowest BCUT2D eigenvalue weighted by Crippen LogP contribution is -2.17. The maximum Gasteiger partial charge on any atom is 0.338 e. The Morgan fingerprint density at radius 1 is 1.16 bits per heavy atom. The predicted octanol–water partition coefficient (Wildman–Crippen LogP) is 2.61. The lowest BCUT2D eigenvalue weighted by atomic mass is 10.0. The van der Waals surface area contributed by atoms with E-state index in [0.717, 1.165) is 0 Å². The van der Waals surface area contributed by atoms with Crippen LogP contribution in [0.15, 0.2) is 36.4 Å². The number of benzene rings is 2. The molecule has 0 aliphatic carbocycles. The van der Waals surface area contributed by atoms with Gasteiger partial charge in [0.05, 0.1) is 5.56 Å². The summed E-state index contributed by atoms with van der Waals surface area (Å²) in [5, 5.41) is 1.06. The first kappa shape index (κ1) is 19.6. The van der Waals surface area contributed by atoms with Crippen LogP contribution in [0.5, 0.6) is 5.75 Å². The Balaban J connectivity index is 2.30. The van der Waals surface area contributed by atoms with E-state index in [4.69, 9.17) is 14.0 Å². The molecule has 0 aromatic heterocycles. The van der Waals surface area contributed by atoms with Crippen molar-refractivity contribution < 1.29 is 32.0 Å². The highest BCUT2D eigenvalue weighted by Crippen LogP contribution is 2.29. The normalized spacial score (nSPS) is 12.6. The topological polar surface area (TPSA) is 107 Å². The zero-order chi connectivity index (χ0) is 18.6. The Morgan fingerprint density at radius 3 is 2.44 bits per heavy atom. The average molecular weight is 478 g/mol. The number of hydrogen-bond donors (Lipinski definition) is 1. The summed E-state index contributed by atoms with van der Waals surface area (Å²) in [6.45, 7) is 1.24. The molecule has 0 spiro atoms. The van der Waals surface area contributed by atoms with Gasteiger partial charge < -0.3 is 9.47 Å². The Labute approximate surface area is 158 Å². The second kappa shape index (κ2) is 8.11. The van der Waals surface area contributed by atoms with Crippen molar-refractivity contribution in [3.8, 4) is 5.75 Å². The molecule has 7 nitrogen and oxygen atoms in total. The maximum absolute atomic E-state index is 12.2. The van der Waals surface area contributed by atoms with Crippen LogP contribution < -0.4 is 4.74 Å². The molecular formula is C16H15IO7S. The molecule has 2 rings (SSSR count). The second-order valence-electron chi connectivity index (χ2n) is 5.12. The fourth-order valence-corrected chi connectivity index (χ4v) is 2.48. The van der Waals surface area contributed by atoms with Crippen LogP contribution in [0, 0.1) is 0 Å². The molecule has 1 unspecified atom stereocenters. The molecule has 0 saturated carbocycles. The zero-order valence-electron chi connectivity index (χ0n) is 13.1. The summed E-state index contributed by atoms with van der Waals surface area (Å²) >= 11 is 1.94. The van der Waals surface area contributed by atoms with Gasteiger partial charge in [-0.05, 0) is 24.4 Å². The number of halogens is 1. The number of esters is 2. The summed E-state index contributed by atoms with van der Waals surface area (Å²) in [5.74, 6) is -1.51. The smallest absolute Gasteiger partial charge is 0.338 e. The van der Waals surface area contributed by atoms with Gasteiger partial charge in [0.15, 0.2) is 0 Å². The molecule has 0 radical (unpaired) electrons. The summed E-state index contributed by atoms with van der Waals surface area (Å²) in [4.78, 5) is 24.0. The van der Waals surface area contributed by atoms with Gasteiger partial charge in [0.2, 0.25) is 0 Å². The van der Waals surface area contributed by atoms with Gasteiger partial charge in [-0.3, -0.25) is 9.35 Å². The molecule has 0 fully saturated rings. The van der Waals surface area contributed by atoms with E-state index in [0.29, 0.717) is 16.5 Å². The standard InChI is InChI=1S/C16H15IO7S/c1-10(17)15(18)24-14-7-3-4-11-12(14)5-2-6-13(11)16(19)23-8-9-25(20,21)22/h2-7,10H,8-9H2,1H3,(H,20,21,22). The van der Waals surface area contributed by atoms with Crippen LogP contribution in [0.3, 0.4) is 0 Å². The molecule has 0 amide bonds. The van der Waals surface area contributed by atoms with Crippen LogP contribution in [0.4, 0.5) is 0 Å². The van der Waals surface area contributed by atoms with Crippen molar-refractivity contribution in [3.63, 3.8) is 0 Å². The lowest BCUT2D eigenvalue weighted by molar-refractivity contribution is -0.132. The molecule has 0 heterocycles. The second-order valence-corrected chi connectivity index (χ2v) is 8.56. The molecule has 0 aliphatic heterocycles. The molecule has 0 saturated heterocycles. The first-order chi connectivity index (χ1) is 11.7. The molecule has 0 aliphatic rings. The third-order valence-corrected chi connectivity index (χ3v) is 4.40. The Kier molecular flexibility index (Phi) is 6.36. The number of carbonyl (C=O) groups is 2. The minimum Gasteiger partial charge on any atom is -0.461 e. The van der Waals surface area contributed by atoms with Crippen molar-refractivity contribution >= 4 is 55.4 Å². The SMILES string of the molecule is CC(I)C(=O)Oc1cccc2c(C(=O)OCCS(=O)(=O)O)cccc12. The van der Waals surface area contributed by atoms with E-state index in [1.165, 1.54) is 6.07 Å². The Morgan fingerprint density at radius 2 is 1.80 bits per heavy atom. The number of alkyl halides is 1. The quantitative estimate of drug-likeness (QED) is 0.224. The summed E-state index contributed by atoms with van der Waals surface area (Å²) in [6.07, 6.45) is 0. The molecule has 1 atom stereocenters. The van der Waals surface area contributed by atoms with Crippen LogP contribution >= 0.6 is 22.6 Å². The van der Waals surface area contributed by atoms with Gasteiger partial charge in [-0.2, -0.15) is 8.42 Å². The number of rotatable bonds is 6. The molecular weight excluding hydrogens is 463 g/mol. The van der Waals surface area contributed by atoms with E-state index in [2.05, 4.69) is 0 Å². The van der Waals surface area contributed by atoms with Gasteiger partial charge in [-0.15, -0.1) is 0 Å². The average Bonchev–Trinajstić information content (AvgIpc) is 2.53. The Bertz CT molecular complexity index is 906. The third kappa shape index (κ3) is 5.38. The number of carbonyl (C=O) groups excluding carboxylic acids is 2. The monoisotopic (exact) mass is 478 g/mol. The van der Waals surface area contributed by atoms with Crippen molar-refractivity contribution in [1.29, 1.82) is 0 Å². The minimum atomic E-state index is -4.21. The number of fused-ring (bicyclic) bond motifs is 1. The van der Waals surface area contributed by atoms with E-state index >= 15 is 0 Å². The lowest BCUT2D eigenvalue weighted by Gasteiger charge is -2.11. The van der Waals surface area contributed by atoms with E-state index in [-0.39, 0.29) is 9.49 Å². The number of ether oxygens (including phenoxy) is 2. The van der Waals surface area contributed by atoms with Crippen molar-refractivity contribution in [2.24, 2.45) is 0 Å². The van der Waals surface area contributed by atoms with E-state index in [1.54, 1.807) is 37.3 Å². The van der Waals surface area contributed by atoms with Gasteiger partial charge in [0.25, 0.3) is 10.1 Å². The summed E-state index contributed by atoms with van der Waals surface area (Å²) in [7, 11) is -4.21. The van der Waals surface area contributed by atoms with Gasteiger partial charge in [-0.1, -0.05) is 46.9 Å². The maximum atomic E-state index is 12.2. The van der Waals surface area contributed by atoms with E-state index in [1.807, 2.05) is 22.6 Å². The first-order valence-corrected chi connectivity index (χ1v) is 10.0. The summed E-state index contributed by atoms with van der Waals surface area (Å²) < 4.78 is 39.9. The van der Waals surface area contributed by atoms with Crippen LogP contribution in [0.1, 0.15) is 17.3 Å². The molecule has 2 aromatic carbocycles. The van der Waals surface area contributed by atoms with E-state index in [9.17, 15) is 18.0 Å². The van der Waals surface area contributed by atoms with Crippen LogP contribution in [-0.2, 0) is 19.6 Å². The fraction of sp³-hybridized carbons (Fsp3) is 0.250. The molecule has 25 heavy (non-hydrogen) atoms. The van der Waals surface area contributed by atoms with Gasteiger partial charge in [-0.25, -0.2) is 4.79 Å². The fourth-order valence-electron chi connectivity index (χ4n) is 2.06. The van der Waals surface area contributed by atoms with Crippen molar-refractivity contribution in [3.05, 3.63) is 42.0 Å². The predicted molar refractivity (Wildman–Crippen MR) is 99.8 cm³/mol. The molecule has 134 valence electrons. The Hall–Kier alpha value is -1.72. The van der Waals surface area contributed by atoms with Crippen molar-refractivity contribution in [2.75, 3.05) is 12.4 Å². The minimum absolute atomic E-state index is 0.202. The van der Waals surface area contributed by atoms with Crippen LogP contribution in [-0.4, -0.2) is 41.2 Å². The number of hydrogen-bond acceptors (Lipinski definition) is 6. The highest BCUT2D eigenvalue weighted by molar-refractivity contribution is 14.1. The van der Waals surface area contributed by atoms with Gasteiger partial charge >= 0.3 is 11.9 Å². The summed E-state index contributed by atoms with van der Waals surface area (Å²) in [5.41, 5.74) is 0.202. The molecule has 0 bridgehead atoms. The van der Waals surface area contributed by atoms with E-state index < -0.39 is 34.4 Å². The zero-order valence-corrected chi connectivity index (χ0v) is 16.1. The molecule has 1 N–H and O–H groups in total. The van der Waals surface area contributed by atoms with Crippen LogP contribution in [0.25, 0.3) is 10.8 Å². The third-order valence-electron chi connectivity index (χ3n) is 3.21. The van der Waals surface area contributed by atoms with Gasteiger partial charge in [0.1, 0.15) is 22.0 Å². The highest BCUT2D eigenvalue weighted by atomic mass is 127. The molecule has 2 aromatic rings. The van der Waals surface area contributed by atoms with Gasteiger partial charge in [0, 0.05) is 5.39 Å². The first-order valence-electron chi connectivity index (χ1n) is 7.19. The van der Waals surface area contributed by atoms with Crippen molar-refractivity contribution in [1.82, 2.24) is 0 Å². The highest BCUT2D eigenvalue weighted by Gasteiger charge is 2.17. The largest absolute Gasteiger partial charge is 0.461 e. The van der Waals surface area contributed by atoms with Crippen LogP contribution in [0.2, 0.25) is 0 Å². The van der Waals surface area contributed by atoms with Crippen molar-refractivity contribution in [2.45, 2.75) is 10.8 Å². The summed E-state index contributed by atoms with van der Waals surface area (Å²) in [6, 6.07) is 9.74.